The van der Waals surface area contributed by atoms with Crippen LogP contribution in [0.2, 0.25) is 0 Å². The average Bonchev–Trinajstić information content (AvgIpc) is 2.92. The van der Waals surface area contributed by atoms with Gasteiger partial charge in [0.05, 0.1) is 11.7 Å². The minimum absolute atomic E-state index is 0.325. The Bertz CT molecular complexity index is 709. The molecule has 18 heavy (non-hydrogen) atoms. The van der Waals surface area contributed by atoms with Crippen molar-refractivity contribution in [3.63, 3.8) is 0 Å². The van der Waals surface area contributed by atoms with Gasteiger partial charge in [-0.2, -0.15) is 14.8 Å². The third-order valence-corrected chi connectivity index (χ3v) is 2.89. The molecule has 0 spiro atoms. The number of anilines is 1. The first-order chi connectivity index (χ1) is 8.72. The van der Waals surface area contributed by atoms with Gasteiger partial charge in [0.25, 0.3) is 0 Å². The van der Waals surface area contributed by atoms with Gasteiger partial charge in [0.1, 0.15) is 11.8 Å². The average molecular weight is 243 g/mol. The largest absolute Gasteiger partial charge is 0.368 e. The fourth-order valence-electron chi connectivity index (χ4n) is 2.11. The minimum atomic E-state index is 0.325. The Balaban J connectivity index is 2.37. The van der Waals surface area contributed by atoms with Crippen molar-refractivity contribution in [3.05, 3.63) is 24.3 Å². The number of nitrogens with two attached hydrogens (primary N) is 1. The molecule has 0 bridgehead atoms. The molecule has 92 valence electrons. The summed E-state index contributed by atoms with van der Waals surface area (Å²) >= 11 is 0. The van der Waals surface area contributed by atoms with Crippen LogP contribution in [0.25, 0.3) is 17.0 Å². The van der Waals surface area contributed by atoms with Gasteiger partial charge in [-0.05, 0) is 19.4 Å². The lowest BCUT2D eigenvalue weighted by Crippen LogP contribution is -2.10. The van der Waals surface area contributed by atoms with Crippen LogP contribution in [0.3, 0.4) is 0 Å². The molecule has 0 unspecified atom stereocenters. The molecule has 0 saturated carbocycles. The van der Waals surface area contributed by atoms with Gasteiger partial charge in [0.15, 0.2) is 0 Å². The van der Waals surface area contributed by atoms with Crippen LogP contribution < -0.4 is 5.73 Å². The van der Waals surface area contributed by atoms with Crippen LogP contribution in [-0.4, -0.2) is 29.3 Å². The van der Waals surface area contributed by atoms with Crippen LogP contribution in [0, 0.1) is 6.92 Å². The quantitative estimate of drug-likeness (QED) is 0.723. The maximum atomic E-state index is 5.78. The van der Waals surface area contributed by atoms with Gasteiger partial charge in [-0.15, -0.1) is 0 Å². The maximum absolute atomic E-state index is 5.78. The van der Waals surface area contributed by atoms with Gasteiger partial charge in [-0.1, -0.05) is 0 Å². The van der Waals surface area contributed by atoms with Crippen LogP contribution >= 0.6 is 0 Å². The Hall–Kier alpha value is -2.44. The lowest BCUT2D eigenvalue weighted by molar-refractivity contribution is 0.704. The predicted octanol–water partition coefficient (Wildman–Crippen LogP) is 0.923. The molecule has 7 nitrogen and oxygen atoms in total. The number of nitrogen functional groups attached to an aromatic ring is 1. The molecule has 2 N–H and O–H groups in total. The first-order valence-corrected chi connectivity index (χ1v) is 5.69. The smallest absolute Gasteiger partial charge is 0.235 e. The van der Waals surface area contributed by atoms with Crippen molar-refractivity contribution in [3.8, 4) is 5.95 Å². The monoisotopic (exact) mass is 243 g/mol. The first kappa shape index (κ1) is 10.7. The van der Waals surface area contributed by atoms with Gasteiger partial charge < -0.3 is 10.3 Å². The van der Waals surface area contributed by atoms with Crippen molar-refractivity contribution in [1.29, 1.82) is 0 Å². The van der Waals surface area contributed by atoms with Gasteiger partial charge in [-0.25, -0.2) is 4.98 Å². The molecular formula is C11H13N7. The molecule has 0 fully saturated rings. The molecule has 0 radical (unpaired) electrons. The summed E-state index contributed by atoms with van der Waals surface area (Å²) in [6.07, 6.45) is 4.98. The van der Waals surface area contributed by atoms with Crippen LogP contribution in [0.15, 0.2) is 18.7 Å². The zero-order valence-corrected chi connectivity index (χ0v) is 10.2. The summed E-state index contributed by atoms with van der Waals surface area (Å²) in [7, 11) is 0. The Morgan fingerprint density at radius 2 is 2.17 bits per heavy atom. The van der Waals surface area contributed by atoms with Crippen LogP contribution in [-0.2, 0) is 6.54 Å². The fourth-order valence-corrected chi connectivity index (χ4v) is 2.11. The van der Waals surface area contributed by atoms with E-state index in [1.54, 1.807) is 6.20 Å². The summed E-state index contributed by atoms with van der Waals surface area (Å²) in [6, 6.07) is 0. The third kappa shape index (κ3) is 1.37. The van der Waals surface area contributed by atoms with E-state index in [2.05, 4.69) is 31.5 Å². The number of hydrogen-bond acceptors (Lipinski definition) is 5. The van der Waals surface area contributed by atoms with E-state index in [-0.39, 0.29) is 0 Å². The summed E-state index contributed by atoms with van der Waals surface area (Å²) < 4.78 is 3.58. The molecular weight excluding hydrogens is 230 g/mol. The second kappa shape index (κ2) is 3.80. The highest BCUT2D eigenvalue weighted by atomic mass is 15.4. The van der Waals surface area contributed by atoms with Gasteiger partial charge in [-0.3, -0.25) is 4.98 Å². The van der Waals surface area contributed by atoms with E-state index < -0.39 is 0 Å². The molecule has 0 aliphatic heterocycles. The first-order valence-electron chi connectivity index (χ1n) is 5.69. The van der Waals surface area contributed by atoms with Crippen molar-refractivity contribution in [2.75, 3.05) is 5.73 Å². The minimum Gasteiger partial charge on any atom is -0.368 e. The molecule has 7 heteroatoms. The van der Waals surface area contributed by atoms with E-state index in [0.717, 1.165) is 23.1 Å². The lowest BCUT2D eigenvalue weighted by Gasteiger charge is -2.07. The van der Waals surface area contributed by atoms with E-state index in [1.165, 1.54) is 11.0 Å². The summed E-state index contributed by atoms with van der Waals surface area (Å²) in [5.41, 5.74) is 8.74. The number of pyridine rings is 1. The van der Waals surface area contributed by atoms with E-state index in [1.807, 2.05) is 13.1 Å². The summed E-state index contributed by atoms with van der Waals surface area (Å²) in [5, 5.41) is 4.10. The summed E-state index contributed by atoms with van der Waals surface area (Å²) in [5.74, 6) is 0.990. The fraction of sp³-hybridized carbons (Fsp3) is 0.273. The molecule has 3 rings (SSSR count). The number of hydrogen-bond donors (Lipinski definition) is 1. The van der Waals surface area contributed by atoms with E-state index >= 15 is 0 Å². The molecule has 0 aliphatic rings. The number of rotatable bonds is 2. The third-order valence-electron chi connectivity index (χ3n) is 2.89. The lowest BCUT2D eigenvalue weighted by atomic mass is 10.3. The molecule has 0 amide bonds. The highest BCUT2D eigenvalue weighted by Crippen LogP contribution is 2.21. The Morgan fingerprint density at radius 3 is 2.83 bits per heavy atom. The Morgan fingerprint density at radius 1 is 1.33 bits per heavy atom. The van der Waals surface area contributed by atoms with Crippen molar-refractivity contribution in [1.82, 2.24) is 29.3 Å². The second-order valence-corrected chi connectivity index (χ2v) is 4.01. The van der Waals surface area contributed by atoms with Crippen molar-refractivity contribution in [2.24, 2.45) is 0 Å². The number of aromatic nitrogens is 6. The standard InChI is InChI=1S/C11H13N7/c1-3-17-9-7(2)4-13-5-8(9)16-11(17)18-10(12)14-6-15-18/h4-6H,3H2,1-2H3,(H2,12,14,15). The summed E-state index contributed by atoms with van der Waals surface area (Å²) in [4.78, 5) is 12.6. The highest BCUT2D eigenvalue weighted by Gasteiger charge is 2.15. The van der Waals surface area contributed by atoms with Crippen molar-refractivity contribution >= 4 is 17.0 Å². The van der Waals surface area contributed by atoms with Crippen molar-refractivity contribution in [2.45, 2.75) is 20.4 Å². The van der Waals surface area contributed by atoms with E-state index in [0.29, 0.717) is 11.9 Å². The molecule has 3 aromatic rings. The van der Waals surface area contributed by atoms with Crippen LogP contribution in [0.1, 0.15) is 12.5 Å². The van der Waals surface area contributed by atoms with E-state index in [4.69, 9.17) is 5.73 Å². The van der Waals surface area contributed by atoms with Gasteiger partial charge >= 0.3 is 0 Å². The zero-order valence-electron chi connectivity index (χ0n) is 10.2. The molecule has 3 heterocycles. The maximum Gasteiger partial charge on any atom is 0.235 e. The number of nitrogens with zero attached hydrogens (tertiary/aromatic N) is 6. The van der Waals surface area contributed by atoms with Gasteiger partial charge in [0.2, 0.25) is 11.9 Å². The normalized spacial score (nSPS) is 11.2. The number of aryl methyl sites for hydroxylation is 2. The SMILES string of the molecule is CCn1c(-n2ncnc2N)nc2cncc(C)c21. The van der Waals surface area contributed by atoms with Crippen molar-refractivity contribution < 1.29 is 0 Å². The molecule has 0 saturated heterocycles. The van der Waals surface area contributed by atoms with Gasteiger partial charge in [0, 0.05) is 12.7 Å². The number of fused-ring (bicyclic) bond motifs is 1. The molecule has 3 aromatic heterocycles. The van der Waals surface area contributed by atoms with Crippen LogP contribution in [0.5, 0.6) is 0 Å². The highest BCUT2D eigenvalue weighted by molar-refractivity contribution is 5.79. The van der Waals surface area contributed by atoms with E-state index in [9.17, 15) is 0 Å². The zero-order chi connectivity index (χ0) is 12.7. The number of imidazole rings is 1. The molecule has 0 aromatic carbocycles. The second-order valence-electron chi connectivity index (χ2n) is 4.01. The Labute approximate surface area is 103 Å². The Kier molecular flexibility index (Phi) is 2.26. The van der Waals surface area contributed by atoms with Crippen LogP contribution in [0.4, 0.5) is 5.95 Å². The molecule has 0 atom stereocenters. The topological polar surface area (TPSA) is 87.4 Å². The molecule has 0 aliphatic carbocycles. The summed E-state index contributed by atoms with van der Waals surface area (Å²) in [6.45, 7) is 4.84. The predicted molar refractivity (Wildman–Crippen MR) is 67.3 cm³/mol.